The maximum Gasteiger partial charge on any atom is 0.339 e. The fourth-order valence-corrected chi connectivity index (χ4v) is 7.69. The molecule has 5 heterocycles. The van der Waals surface area contributed by atoms with Crippen LogP contribution in [0.25, 0.3) is 28.0 Å². The summed E-state index contributed by atoms with van der Waals surface area (Å²) in [6.45, 7) is 18.3. The number of carbonyl (C=O) groups excluding carboxylic acids is 1. The number of aliphatic hydroxyl groups is 1. The topological polar surface area (TPSA) is 107 Å². The summed E-state index contributed by atoms with van der Waals surface area (Å²) >= 11 is 0. The number of methoxy groups -OCH3 is 1. The molecule has 4 aromatic rings. The molecule has 2 aromatic heterocycles. The molecule has 3 aliphatic heterocycles. The van der Waals surface area contributed by atoms with Crippen LogP contribution < -0.4 is 15.0 Å². The number of imidazole rings is 1. The smallest absolute Gasteiger partial charge is 0.339 e. The lowest BCUT2D eigenvalue weighted by Gasteiger charge is -2.42. The number of rotatable bonds is 7. The van der Waals surface area contributed by atoms with E-state index in [1.54, 1.807) is 19.9 Å². The van der Waals surface area contributed by atoms with Crippen molar-refractivity contribution >= 4 is 17.4 Å². The number of pyridine rings is 1. The molecule has 2 atom stereocenters. The van der Waals surface area contributed by atoms with Gasteiger partial charge in [0.05, 0.1) is 35.7 Å². The molecule has 2 aromatic carbocycles. The molecular formula is C44H59FN4O6. The molecule has 7 rings (SSSR count). The largest absolute Gasteiger partial charge is 0.490 e. The summed E-state index contributed by atoms with van der Waals surface area (Å²) in [5.74, 6) is 0.612. The Balaban J connectivity index is 1.61. The van der Waals surface area contributed by atoms with Crippen LogP contribution in [0.1, 0.15) is 103 Å². The van der Waals surface area contributed by atoms with Gasteiger partial charge in [0.2, 0.25) is 0 Å². The van der Waals surface area contributed by atoms with Gasteiger partial charge in [0.25, 0.3) is 0 Å². The fourth-order valence-electron chi connectivity index (χ4n) is 7.69. The van der Waals surface area contributed by atoms with Crippen LogP contribution in [0.5, 0.6) is 5.75 Å². The van der Waals surface area contributed by atoms with Crippen LogP contribution in [0.2, 0.25) is 0 Å². The highest BCUT2D eigenvalue weighted by Gasteiger charge is 2.39. The zero-order valence-corrected chi connectivity index (χ0v) is 34.1. The van der Waals surface area contributed by atoms with Crippen LogP contribution in [-0.2, 0) is 25.5 Å². The minimum Gasteiger partial charge on any atom is -0.490 e. The van der Waals surface area contributed by atoms with Gasteiger partial charge < -0.3 is 34.3 Å². The van der Waals surface area contributed by atoms with Crippen LogP contribution >= 0.6 is 0 Å². The molecule has 55 heavy (non-hydrogen) atoms. The van der Waals surface area contributed by atoms with E-state index in [1.165, 1.54) is 19.2 Å². The summed E-state index contributed by atoms with van der Waals surface area (Å²) < 4.78 is 42.0. The van der Waals surface area contributed by atoms with E-state index in [4.69, 9.17) is 23.9 Å². The third-order valence-electron chi connectivity index (χ3n) is 10.6. The lowest BCUT2D eigenvalue weighted by atomic mass is 9.91. The van der Waals surface area contributed by atoms with E-state index in [0.29, 0.717) is 49.8 Å². The molecule has 0 aliphatic carbocycles. The molecule has 298 valence electrons. The molecule has 0 amide bonds. The Hall–Kier alpha value is -4.03. The molecule has 0 spiro atoms. The summed E-state index contributed by atoms with van der Waals surface area (Å²) in [4.78, 5) is 21.5. The number of piperidine rings is 1. The number of fused-ring (bicyclic) bond motifs is 8. The Morgan fingerprint density at radius 1 is 1.11 bits per heavy atom. The summed E-state index contributed by atoms with van der Waals surface area (Å²) in [6.07, 6.45) is 5.20. The van der Waals surface area contributed by atoms with Crippen molar-refractivity contribution in [1.29, 1.82) is 0 Å². The number of esters is 1. The number of aromatic nitrogens is 2. The number of hydrogen-bond acceptors (Lipinski definition) is 9. The van der Waals surface area contributed by atoms with Crippen molar-refractivity contribution < 1.29 is 33.2 Å². The maximum atomic E-state index is 14.8. The van der Waals surface area contributed by atoms with E-state index >= 15 is 0 Å². The quantitative estimate of drug-likeness (QED) is 0.180. The normalized spacial score (nSPS) is 20.3. The maximum absolute atomic E-state index is 14.8. The predicted molar refractivity (Wildman–Crippen MR) is 214 cm³/mol. The summed E-state index contributed by atoms with van der Waals surface area (Å²) in [7, 11) is 1.39. The van der Waals surface area contributed by atoms with Crippen LogP contribution in [0.3, 0.4) is 0 Å². The van der Waals surface area contributed by atoms with Gasteiger partial charge in [-0.25, -0.2) is 14.2 Å². The predicted octanol–water partition coefficient (Wildman–Crippen LogP) is 8.33. The van der Waals surface area contributed by atoms with Gasteiger partial charge >= 0.3 is 5.97 Å². The van der Waals surface area contributed by atoms with E-state index in [2.05, 4.69) is 28.5 Å². The zero-order chi connectivity index (χ0) is 39.7. The Morgan fingerprint density at radius 3 is 2.53 bits per heavy atom. The average molecular weight is 759 g/mol. The van der Waals surface area contributed by atoms with Gasteiger partial charge in [-0.1, -0.05) is 18.2 Å². The van der Waals surface area contributed by atoms with Gasteiger partial charge in [-0.15, -0.1) is 0 Å². The van der Waals surface area contributed by atoms with Crippen molar-refractivity contribution in [2.24, 2.45) is 0 Å². The average Bonchev–Trinajstić information content (AvgIpc) is 3.56. The number of carbonyl (C=O) groups is 1. The SMILES string of the molecule is COC(=O)C(OC(C)(C)C)c1c(C)c(CNCC(C)(C)O)c2nc3cn2c1N1CCC(C)(CC1)OCCCCC(C)Oc1ccc(F)cc1-c1cccc-3c1. The number of ether oxygens (including phenoxy) is 4. The van der Waals surface area contributed by atoms with E-state index in [0.717, 1.165) is 71.4 Å². The molecule has 0 saturated carbocycles. The second-order valence-electron chi connectivity index (χ2n) is 17.1. The van der Waals surface area contributed by atoms with E-state index in [1.807, 2.05) is 58.2 Å². The first-order chi connectivity index (χ1) is 25.9. The van der Waals surface area contributed by atoms with Gasteiger partial charge in [-0.05, 0) is 123 Å². The third kappa shape index (κ3) is 9.51. The highest BCUT2D eigenvalue weighted by molar-refractivity contribution is 5.83. The van der Waals surface area contributed by atoms with Crippen molar-refractivity contribution in [3.63, 3.8) is 0 Å². The monoisotopic (exact) mass is 758 g/mol. The molecule has 6 bridgehead atoms. The summed E-state index contributed by atoms with van der Waals surface area (Å²) in [6, 6.07) is 12.6. The van der Waals surface area contributed by atoms with Gasteiger partial charge in [0, 0.05) is 61.2 Å². The summed E-state index contributed by atoms with van der Waals surface area (Å²) in [5, 5.41) is 14.0. The van der Waals surface area contributed by atoms with Crippen LogP contribution in [0.15, 0.2) is 48.7 Å². The van der Waals surface area contributed by atoms with E-state index < -0.39 is 23.3 Å². The van der Waals surface area contributed by atoms with Gasteiger partial charge in [-0.3, -0.25) is 4.40 Å². The minimum atomic E-state index is -1.03. The third-order valence-corrected chi connectivity index (χ3v) is 10.6. The van der Waals surface area contributed by atoms with Gasteiger partial charge in [-0.2, -0.15) is 0 Å². The zero-order valence-electron chi connectivity index (χ0n) is 34.1. The summed E-state index contributed by atoms with van der Waals surface area (Å²) in [5.41, 5.74) is 4.27. The van der Waals surface area contributed by atoms with Crippen LogP contribution in [-0.4, -0.2) is 76.7 Å². The molecule has 1 saturated heterocycles. The first kappa shape index (κ1) is 40.6. The Kier molecular flexibility index (Phi) is 12.0. The lowest BCUT2D eigenvalue weighted by Crippen LogP contribution is -2.46. The number of anilines is 1. The minimum absolute atomic E-state index is 0.0642. The number of halogens is 1. The van der Waals surface area contributed by atoms with Crippen molar-refractivity contribution in [3.8, 4) is 28.1 Å². The van der Waals surface area contributed by atoms with Crippen LogP contribution in [0.4, 0.5) is 10.2 Å². The van der Waals surface area contributed by atoms with Crippen molar-refractivity contribution in [3.05, 3.63) is 71.2 Å². The Labute approximate surface area is 325 Å². The second-order valence-corrected chi connectivity index (χ2v) is 17.1. The standard InChI is InChI=1S/C44H59FN4O6/c1-28-13-10-11-22-53-44(8)18-20-48(21-19-44)40-37(38(41(50)52-9)55-42(3,4)5)29(2)34(25-46-27-43(6,7)51)39-47-35(26-49(39)40)31-15-12-14-30(23-31)33-24-32(45)16-17-36(33)54-28/h12,14-17,23-24,26,28,38,46,51H,10-11,13,18-22,25,27H2,1-9H3. The number of benzene rings is 2. The molecule has 2 N–H and O–H groups in total. The van der Waals surface area contributed by atoms with Crippen molar-refractivity contribution in [1.82, 2.24) is 14.7 Å². The number of nitrogens with one attached hydrogen (secondary N) is 1. The van der Waals surface area contributed by atoms with E-state index in [-0.39, 0.29) is 17.5 Å². The first-order valence-electron chi connectivity index (χ1n) is 19.6. The highest BCUT2D eigenvalue weighted by atomic mass is 19.1. The van der Waals surface area contributed by atoms with Crippen molar-refractivity contribution in [2.45, 2.75) is 123 Å². The van der Waals surface area contributed by atoms with Gasteiger partial charge in [0.15, 0.2) is 6.10 Å². The fraction of sp³-hybridized carbons (Fsp3) is 0.545. The lowest BCUT2D eigenvalue weighted by molar-refractivity contribution is -0.164. The Morgan fingerprint density at radius 2 is 1.84 bits per heavy atom. The number of hydrogen-bond donors (Lipinski definition) is 2. The Bertz CT molecular complexity index is 1990. The first-order valence-corrected chi connectivity index (χ1v) is 19.6. The van der Waals surface area contributed by atoms with Crippen LogP contribution in [0, 0.1) is 12.7 Å². The van der Waals surface area contributed by atoms with Crippen molar-refractivity contribution in [2.75, 3.05) is 38.3 Å². The van der Waals surface area contributed by atoms with E-state index in [9.17, 15) is 14.3 Å². The number of nitrogens with zero attached hydrogens (tertiary/aromatic N) is 3. The molecule has 10 nitrogen and oxygen atoms in total. The second kappa shape index (κ2) is 16.2. The molecule has 0 radical (unpaired) electrons. The molecule has 1 fully saturated rings. The highest BCUT2D eigenvalue weighted by Crippen LogP contribution is 2.42. The molecule has 3 aliphatic rings. The molecular weight excluding hydrogens is 700 g/mol. The van der Waals surface area contributed by atoms with Gasteiger partial charge in [0.1, 0.15) is 23.0 Å². The molecule has 11 heteroatoms. The molecule has 2 unspecified atom stereocenters.